The molecule has 1 aromatic heterocycles. The summed E-state index contributed by atoms with van der Waals surface area (Å²) in [5.74, 6) is -0.622. The van der Waals surface area contributed by atoms with Crippen LogP contribution in [0.1, 0.15) is 0 Å². The Kier molecular flexibility index (Phi) is 3.84. The molecule has 126 valence electrons. The zero-order valence-corrected chi connectivity index (χ0v) is 12.6. The van der Waals surface area contributed by atoms with Crippen molar-refractivity contribution in [1.82, 2.24) is 9.97 Å². The molecule has 0 radical (unpaired) electrons. The van der Waals surface area contributed by atoms with E-state index < -0.39 is 22.1 Å². The van der Waals surface area contributed by atoms with E-state index in [0.29, 0.717) is 11.0 Å². The number of aromatic nitrogens is 2. The van der Waals surface area contributed by atoms with Gasteiger partial charge in [0.25, 0.3) is 10.0 Å². The number of halogens is 3. The molecule has 6 nitrogen and oxygen atoms in total. The minimum absolute atomic E-state index is 0.205. The van der Waals surface area contributed by atoms with Gasteiger partial charge in [-0.1, -0.05) is 12.1 Å². The van der Waals surface area contributed by atoms with Crippen LogP contribution in [0.4, 0.5) is 18.9 Å². The van der Waals surface area contributed by atoms with Crippen LogP contribution in [-0.2, 0) is 10.0 Å². The third kappa shape index (κ3) is 3.43. The molecule has 0 atom stereocenters. The monoisotopic (exact) mass is 357 g/mol. The van der Waals surface area contributed by atoms with Crippen molar-refractivity contribution in [3.63, 3.8) is 0 Å². The summed E-state index contributed by atoms with van der Waals surface area (Å²) >= 11 is 0. The van der Waals surface area contributed by atoms with Crippen LogP contribution in [0.5, 0.6) is 5.75 Å². The lowest BCUT2D eigenvalue weighted by molar-refractivity contribution is -0.274. The maximum absolute atomic E-state index is 12.4. The lowest BCUT2D eigenvalue weighted by Crippen LogP contribution is -2.18. The Bertz CT molecular complexity index is 983. The van der Waals surface area contributed by atoms with Crippen molar-refractivity contribution in [2.24, 2.45) is 0 Å². The Morgan fingerprint density at radius 2 is 1.88 bits per heavy atom. The second kappa shape index (κ2) is 5.71. The molecule has 0 spiro atoms. The fraction of sp³-hybridized carbons (Fsp3) is 0.0714. The van der Waals surface area contributed by atoms with Crippen molar-refractivity contribution in [3.05, 3.63) is 48.8 Å². The number of imidazole rings is 1. The smallest absolute Gasteiger partial charge is 0.406 e. The van der Waals surface area contributed by atoms with Crippen molar-refractivity contribution < 1.29 is 26.3 Å². The highest BCUT2D eigenvalue weighted by Crippen LogP contribution is 2.27. The number of fused-ring (bicyclic) bond motifs is 1. The van der Waals surface area contributed by atoms with Gasteiger partial charge in [0, 0.05) is 6.07 Å². The summed E-state index contributed by atoms with van der Waals surface area (Å²) in [6.07, 6.45) is -3.50. The average molecular weight is 357 g/mol. The van der Waals surface area contributed by atoms with E-state index in [0.717, 1.165) is 24.3 Å². The van der Waals surface area contributed by atoms with Crippen LogP contribution in [0, 0.1) is 0 Å². The van der Waals surface area contributed by atoms with Gasteiger partial charge in [-0.2, -0.15) is 0 Å². The molecule has 0 aliphatic rings. The Hall–Kier alpha value is -2.75. The van der Waals surface area contributed by atoms with E-state index >= 15 is 0 Å². The number of sulfonamides is 1. The number of nitrogens with one attached hydrogen (secondary N) is 2. The predicted molar refractivity (Wildman–Crippen MR) is 80.0 cm³/mol. The number of anilines is 1. The van der Waals surface area contributed by atoms with Gasteiger partial charge in [0.1, 0.15) is 11.3 Å². The fourth-order valence-electron chi connectivity index (χ4n) is 2.09. The van der Waals surface area contributed by atoms with Gasteiger partial charge < -0.3 is 9.72 Å². The first-order chi connectivity index (χ1) is 11.2. The number of H-pyrrole nitrogens is 1. The molecule has 2 aromatic carbocycles. The van der Waals surface area contributed by atoms with Crippen LogP contribution in [0.15, 0.2) is 53.7 Å². The predicted octanol–water partition coefficient (Wildman–Crippen LogP) is 3.26. The average Bonchev–Trinajstić information content (AvgIpc) is 2.95. The van der Waals surface area contributed by atoms with Gasteiger partial charge in [0.05, 0.1) is 22.4 Å². The van der Waals surface area contributed by atoms with E-state index in [9.17, 15) is 21.6 Å². The molecule has 1 heterocycles. The molecule has 0 bridgehead atoms. The van der Waals surface area contributed by atoms with E-state index in [1.165, 1.54) is 12.4 Å². The highest BCUT2D eigenvalue weighted by molar-refractivity contribution is 7.92. The summed E-state index contributed by atoms with van der Waals surface area (Å²) in [6, 6.07) is 8.94. The lowest BCUT2D eigenvalue weighted by Gasteiger charge is -2.11. The first kappa shape index (κ1) is 16.1. The Balaban J connectivity index is 1.93. The summed E-state index contributed by atoms with van der Waals surface area (Å²) < 4.78 is 67.6. The minimum Gasteiger partial charge on any atom is -0.406 e. The normalized spacial score (nSPS) is 12.3. The summed E-state index contributed by atoms with van der Waals surface area (Å²) in [6.45, 7) is 0. The number of alkyl halides is 3. The summed E-state index contributed by atoms with van der Waals surface area (Å²) in [4.78, 5) is 6.47. The number of hydrogen-bond donors (Lipinski definition) is 2. The highest BCUT2D eigenvalue weighted by Gasteiger charge is 2.31. The van der Waals surface area contributed by atoms with Gasteiger partial charge >= 0.3 is 6.36 Å². The van der Waals surface area contributed by atoms with E-state index in [4.69, 9.17) is 0 Å². The number of para-hydroxylation sites is 1. The lowest BCUT2D eigenvalue weighted by atomic mass is 10.3. The van der Waals surface area contributed by atoms with Crippen molar-refractivity contribution in [1.29, 1.82) is 0 Å². The van der Waals surface area contributed by atoms with Crippen LogP contribution >= 0.6 is 0 Å². The van der Waals surface area contributed by atoms with E-state index in [-0.39, 0.29) is 10.6 Å². The molecule has 0 unspecified atom stereocenters. The van der Waals surface area contributed by atoms with Crippen LogP contribution < -0.4 is 9.46 Å². The molecule has 0 saturated carbocycles. The molecule has 2 N–H and O–H groups in total. The standard InChI is InChI=1S/C14H10F3N3O3S/c15-14(16,17)23-9-3-1-4-10(7-9)24(21,22)20-12-6-2-5-11-13(12)19-8-18-11/h1-8,20H,(H,18,19). The van der Waals surface area contributed by atoms with Gasteiger partial charge in [-0.3, -0.25) is 4.72 Å². The number of hydrogen-bond acceptors (Lipinski definition) is 4. The number of benzene rings is 2. The number of ether oxygens (including phenoxy) is 1. The summed E-state index contributed by atoms with van der Waals surface area (Å²) in [7, 11) is -4.11. The quantitative estimate of drug-likeness (QED) is 0.751. The molecule has 24 heavy (non-hydrogen) atoms. The first-order valence-electron chi connectivity index (χ1n) is 6.55. The molecule has 0 amide bonds. The molecule has 0 aliphatic heterocycles. The maximum Gasteiger partial charge on any atom is 0.573 e. The van der Waals surface area contributed by atoms with Crippen LogP contribution in [0.3, 0.4) is 0 Å². The van der Waals surface area contributed by atoms with Gasteiger partial charge in [0.2, 0.25) is 0 Å². The van der Waals surface area contributed by atoms with Gasteiger partial charge in [-0.15, -0.1) is 13.2 Å². The molecule has 0 aliphatic carbocycles. The Labute approximate surface area is 134 Å². The zero-order valence-electron chi connectivity index (χ0n) is 11.8. The molecular formula is C14H10F3N3O3S. The number of nitrogens with zero attached hydrogens (tertiary/aromatic N) is 1. The van der Waals surface area contributed by atoms with Crippen LogP contribution in [0.2, 0.25) is 0 Å². The molecule has 3 aromatic rings. The molecule has 3 rings (SSSR count). The van der Waals surface area contributed by atoms with Crippen molar-refractivity contribution >= 4 is 26.7 Å². The second-order valence-electron chi connectivity index (χ2n) is 4.73. The van der Waals surface area contributed by atoms with Crippen molar-refractivity contribution in [2.75, 3.05) is 4.72 Å². The number of aromatic amines is 1. The molecule has 10 heteroatoms. The van der Waals surface area contributed by atoms with Crippen molar-refractivity contribution in [2.45, 2.75) is 11.3 Å². The topological polar surface area (TPSA) is 84.1 Å². The molecular weight excluding hydrogens is 347 g/mol. The highest BCUT2D eigenvalue weighted by atomic mass is 32.2. The fourth-order valence-corrected chi connectivity index (χ4v) is 3.19. The van der Waals surface area contributed by atoms with E-state index in [2.05, 4.69) is 19.4 Å². The Morgan fingerprint density at radius 1 is 1.12 bits per heavy atom. The third-order valence-corrected chi connectivity index (χ3v) is 4.41. The third-order valence-electron chi connectivity index (χ3n) is 3.04. The summed E-state index contributed by atoms with van der Waals surface area (Å²) in [5.41, 5.74) is 1.21. The molecule has 0 fully saturated rings. The largest absolute Gasteiger partial charge is 0.573 e. The van der Waals surface area contributed by atoms with Gasteiger partial charge in [-0.05, 0) is 24.3 Å². The Morgan fingerprint density at radius 3 is 2.62 bits per heavy atom. The van der Waals surface area contributed by atoms with Gasteiger partial charge in [-0.25, -0.2) is 13.4 Å². The van der Waals surface area contributed by atoms with Crippen LogP contribution in [-0.4, -0.2) is 24.7 Å². The zero-order chi connectivity index (χ0) is 17.4. The SMILES string of the molecule is O=S(=O)(Nc1cccc2[nH]cnc12)c1cccc(OC(F)(F)F)c1. The summed E-state index contributed by atoms with van der Waals surface area (Å²) in [5, 5.41) is 0. The second-order valence-corrected chi connectivity index (χ2v) is 6.41. The van der Waals surface area contributed by atoms with E-state index in [1.807, 2.05) is 0 Å². The minimum atomic E-state index is -4.91. The maximum atomic E-state index is 12.4. The number of rotatable bonds is 4. The first-order valence-corrected chi connectivity index (χ1v) is 8.04. The van der Waals surface area contributed by atoms with Gasteiger partial charge in [0.15, 0.2) is 0 Å². The van der Waals surface area contributed by atoms with Crippen LogP contribution in [0.25, 0.3) is 11.0 Å². The molecule has 0 saturated heterocycles. The van der Waals surface area contributed by atoms with E-state index in [1.54, 1.807) is 12.1 Å². The van der Waals surface area contributed by atoms with Crippen molar-refractivity contribution in [3.8, 4) is 5.75 Å².